The van der Waals surface area contributed by atoms with E-state index in [2.05, 4.69) is 15.9 Å². The zero-order valence-corrected chi connectivity index (χ0v) is 11.1. The van der Waals surface area contributed by atoms with Gasteiger partial charge in [-0.05, 0) is 29.8 Å². The molecule has 17 heavy (non-hydrogen) atoms. The van der Waals surface area contributed by atoms with Crippen LogP contribution in [0, 0.1) is 5.82 Å². The molecule has 88 valence electrons. The van der Waals surface area contributed by atoms with Crippen LogP contribution in [-0.2, 0) is 6.61 Å². The van der Waals surface area contributed by atoms with Crippen molar-refractivity contribution in [2.45, 2.75) is 6.61 Å². The normalized spacial score (nSPS) is 10.3. The maximum absolute atomic E-state index is 13.1. The Morgan fingerprint density at radius 3 is 2.47 bits per heavy atom. The van der Waals surface area contributed by atoms with E-state index in [1.807, 2.05) is 12.1 Å². The van der Waals surface area contributed by atoms with Crippen molar-refractivity contribution in [3.05, 3.63) is 63.3 Å². The Hall–Kier alpha value is -1.06. The molecule has 0 fully saturated rings. The van der Waals surface area contributed by atoms with Gasteiger partial charge in [-0.3, -0.25) is 0 Å². The minimum absolute atomic E-state index is 0.328. The fraction of sp³-hybridized carbons (Fsp3) is 0.0769. The Bertz CT molecular complexity index is 493. The van der Waals surface area contributed by atoms with Crippen molar-refractivity contribution in [3.63, 3.8) is 0 Å². The van der Waals surface area contributed by atoms with Crippen LogP contribution in [0.4, 0.5) is 4.39 Å². The zero-order valence-electron chi connectivity index (χ0n) is 8.79. The third-order valence-corrected chi connectivity index (χ3v) is 2.86. The second kappa shape index (κ2) is 5.52. The Morgan fingerprint density at radius 1 is 1.12 bits per heavy atom. The second-order valence-corrected chi connectivity index (χ2v) is 4.87. The van der Waals surface area contributed by atoms with Gasteiger partial charge in [0.25, 0.3) is 0 Å². The third kappa shape index (κ3) is 3.72. The molecular formula is C13H9BrClFO. The van der Waals surface area contributed by atoms with Crippen LogP contribution in [0.2, 0.25) is 5.02 Å². The maximum atomic E-state index is 13.1. The first-order chi connectivity index (χ1) is 8.13. The van der Waals surface area contributed by atoms with E-state index < -0.39 is 0 Å². The van der Waals surface area contributed by atoms with Crippen LogP contribution >= 0.6 is 27.5 Å². The zero-order chi connectivity index (χ0) is 12.3. The van der Waals surface area contributed by atoms with Crippen molar-refractivity contribution in [1.29, 1.82) is 0 Å². The molecule has 0 atom stereocenters. The summed E-state index contributed by atoms with van der Waals surface area (Å²) in [7, 11) is 0. The summed E-state index contributed by atoms with van der Waals surface area (Å²) in [5.74, 6) is 0.164. The summed E-state index contributed by atoms with van der Waals surface area (Å²) in [5, 5.41) is 0.683. The van der Waals surface area contributed by atoms with E-state index in [-0.39, 0.29) is 5.82 Å². The van der Waals surface area contributed by atoms with Crippen molar-refractivity contribution < 1.29 is 9.13 Å². The first-order valence-electron chi connectivity index (χ1n) is 4.97. The van der Waals surface area contributed by atoms with Crippen LogP contribution in [-0.4, -0.2) is 0 Å². The highest BCUT2D eigenvalue weighted by Gasteiger charge is 2.00. The number of benzene rings is 2. The molecule has 0 N–H and O–H groups in total. The van der Waals surface area contributed by atoms with Crippen molar-refractivity contribution >= 4 is 27.5 Å². The van der Waals surface area contributed by atoms with Gasteiger partial charge in [-0.25, -0.2) is 4.39 Å². The fourth-order valence-corrected chi connectivity index (χ4v) is 1.93. The van der Waals surface area contributed by atoms with E-state index in [1.165, 1.54) is 12.1 Å². The van der Waals surface area contributed by atoms with Gasteiger partial charge in [0.2, 0.25) is 0 Å². The van der Waals surface area contributed by atoms with Crippen molar-refractivity contribution in [1.82, 2.24) is 0 Å². The summed E-state index contributed by atoms with van der Waals surface area (Å²) < 4.78 is 19.2. The third-order valence-electron chi connectivity index (χ3n) is 2.15. The van der Waals surface area contributed by atoms with Gasteiger partial charge in [0.1, 0.15) is 18.2 Å². The molecule has 2 aromatic carbocycles. The van der Waals surface area contributed by atoms with Gasteiger partial charge in [-0.15, -0.1) is 0 Å². The second-order valence-electron chi connectivity index (χ2n) is 3.52. The summed E-state index contributed by atoms with van der Waals surface area (Å²) in [4.78, 5) is 0. The number of halogens is 3. The van der Waals surface area contributed by atoms with Crippen molar-refractivity contribution in [2.75, 3.05) is 0 Å². The lowest BCUT2D eigenvalue weighted by Gasteiger charge is -2.07. The summed E-state index contributed by atoms with van der Waals surface area (Å²) in [6, 6.07) is 11.8. The van der Waals surface area contributed by atoms with Crippen LogP contribution < -0.4 is 4.74 Å². The Morgan fingerprint density at radius 2 is 1.82 bits per heavy atom. The van der Waals surface area contributed by atoms with Crippen molar-refractivity contribution in [2.24, 2.45) is 0 Å². The van der Waals surface area contributed by atoms with E-state index in [0.717, 1.165) is 5.56 Å². The molecule has 2 aromatic rings. The standard InChI is InChI=1S/C13H9BrClFO/c14-10-5-12(16)7-13(6-10)17-8-9-1-3-11(15)4-2-9/h1-7H,8H2. The predicted molar refractivity (Wildman–Crippen MR) is 69.9 cm³/mol. The molecule has 0 amide bonds. The summed E-state index contributed by atoms with van der Waals surface area (Å²) in [5.41, 5.74) is 0.981. The molecule has 0 bridgehead atoms. The molecule has 0 aliphatic carbocycles. The van der Waals surface area contributed by atoms with Crippen molar-refractivity contribution in [3.8, 4) is 5.75 Å². The van der Waals surface area contributed by atoms with E-state index >= 15 is 0 Å². The molecule has 1 nitrogen and oxygen atoms in total. The van der Waals surface area contributed by atoms with Gasteiger partial charge in [-0.1, -0.05) is 39.7 Å². The minimum atomic E-state index is -0.328. The Balaban J connectivity index is 2.04. The average Bonchev–Trinajstić information content (AvgIpc) is 2.27. The number of rotatable bonds is 3. The van der Waals surface area contributed by atoms with Gasteiger partial charge in [0.15, 0.2) is 0 Å². The van der Waals surface area contributed by atoms with Crippen LogP contribution in [0.3, 0.4) is 0 Å². The number of hydrogen-bond donors (Lipinski definition) is 0. The largest absolute Gasteiger partial charge is 0.489 e. The van der Waals surface area contributed by atoms with Gasteiger partial charge in [0, 0.05) is 15.6 Å². The first kappa shape index (κ1) is 12.4. The highest BCUT2D eigenvalue weighted by atomic mass is 79.9. The molecule has 0 radical (unpaired) electrons. The molecule has 0 unspecified atom stereocenters. The van der Waals surface area contributed by atoms with Gasteiger partial charge >= 0.3 is 0 Å². The molecule has 0 saturated heterocycles. The van der Waals surface area contributed by atoms with Gasteiger partial charge in [-0.2, -0.15) is 0 Å². The Kier molecular flexibility index (Phi) is 4.02. The Labute approximate surface area is 112 Å². The quantitative estimate of drug-likeness (QED) is 0.789. The molecule has 0 spiro atoms. The van der Waals surface area contributed by atoms with Crippen LogP contribution in [0.25, 0.3) is 0 Å². The molecular weight excluding hydrogens is 306 g/mol. The highest BCUT2D eigenvalue weighted by molar-refractivity contribution is 9.10. The van der Waals surface area contributed by atoms with Crippen LogP contribution in [0.5, 0.6) is 5.75 Å². The molecule has 0 heterocycles. The monoisotopic (exact) mass is 314 g/mol. The predicted octanol–water partition coefficient (Wildman–Crippen LogP) is 4.82. The van der Waals surface area contributed by atoms with Gasteiger partial charge in [0.05, 0.1) is 0 Å². The van der Waals surface area contributed by atoms with Gasteiger partial charge < -0.3 is 4.74 Å². The summed E-state index contributed by atoms with van der Waals surface area (Å²) in [6.45, 7) is 0.382. The molecule has 2 rings (SSSR count). The lowest BCUT2D eigenvalue weighted by atomic mass is 10.2. The lowest BCUT2D eigenvalue weighted by molar-refractivity contribution is 0.304. The smallest absolute Gasteiger partial charge is 0.128 e. The SMILES string of the molecule is Fc1cc(Br)cc(OCc2ccc(Cl)cc2)c1. The summed E-state index contributed by atoms with van der Waals surface area (Å²) in [6.07, 6.45) is 0. The topological polar surface area (TPSA) is 9.23 Å². The molecule has 4 heteroatoms. The first-order valence-corrected chi connectivity index (χ1v) is 6.14. The molecule has 0 aromatic heterocycles. The van der Waals surface area contributed by atoms with E-state index in [9.17, 15) is 4.39 Å². The molecule has 0 aliphatic heterocycles. The number of hydrogen-bond acceptors (Lipinski definition) is 1. The molecule has 0 aliphatic rings. The van der Waals surface area contributed by atoms with Crippen LogP contribution in [0.15, 0.2) is 46.9 Å². The number of ether oxygens (including phenoxy) is 1. The minimum Gasteiger partial charge on any atom is -0.489 e. The molecule has 0 saturated carbocycles. The van der Waals surface area contributed by atoms with Crippen LogP contribution in [0.1, 0.15) is 5.56 Å². The van der Waals surface area contributed by atoms with E-state index in [1.54, 1.807) is 18.2 Å². The lowest BCUT2D eigenvalue weighted by Crippen LogP contribution is -1.95. The van der Waals surface area contributed by atoms with E-state index in [4.69, 9.17) is 16.3 Å². The summed E-state index contributed by atoms with van der Waals surface area (Å²) >= 11 is 8.99. The highest BCUT2D eigenvalue weighted by Crippen LogP contribution is 2.21. The maximum Gasteiger partial charge on any atom is 0.128 e. The van der Waals surface area contributed by atoms with E-state index in [0.29, 0.717) is 21.9 Å². The fourth-order valence-electron chi connectivity index (χ4n) is 1.36. The average molecular weight is 316 g/mol.